The van der Waals surface area contributed by atoms with Crippen molar-refractivity contribution in [3.8, 4) is 11.4 Å². The van der Waals surface area contributed by atoms with Crippen molar-refractivity contribution in [2.75, 3.05) is 12.9 Å². The molecular formula is C32H27BrN6O4S. The van der Waals surface area contributed by atoms with Gasteiger partial charge in [-0.25, -0.2) is 5.01 Å². The van der Waals surface area contributed by atoms with Crippen molar-refractivity contribution >= 4 is 45.2 Å². The Balaban J connectivity index is 1.24. The van der Waals surface area contributed by atoms with Gasteiger partial charge in [0, 0.05) is 16.6 Å². The van der Waals surface area contributed by atoms with Gasteiger partial charge in [0.15, 0.2) is 16.7 Å². The largest absolute Gasteiger partial charge is 0.497 e. The van der Waals surface area contributed by atoms with Crippen LogP contribution in [0.2, 0.25) is 0 Å². The number of methoxy groups -OCH3 is 1. The lowest BCUT2D eigenvalue weighted by Crippen LogP contribution is -2.28. The van der Waals surface area contributed by atoms with Crippen LogP contribution in [-0.4, -0.2) is 50.2 Å². The van der Waals surface area contributed by atoms with Gasteiger partial charge in [-0.3, -0.25) is 14.2 Å². The number of nitrogens with one attached hydrogen (secondary N) is 1. The average Bonchev–Trinajstić information content (AvgIpc) is 3.84. The monoisotopic (exact) mass is 670 g/mol. The fourth-order valence-electron chi connectivity index (χ4n) is 4.83. The van der Waals surface area contributed by atoms with E-state index >= 15 is 0 Å². The number of amides is 2. The molecule has 0 aliphatic carbocycles. The van der Waals surface area contributed by atoms with E-state index in [1.54, 1.807) is 24.3 Å². The molecule has 0 spiro atoms. The number of benzene rings is 3. The highest BCUT2D eigenvalue weighted by Crippen LogP contribution is 2.35. The maximum absolute atomic E-state index is 13.8. The molecule has 1 aliphatic rings. The predicted molar refractivity (Wildman–Crippen MR) is 170 cm³/mol. The molecule has 3 heterocycles. The van der Waals surface area contributed by atoms with Crippen molar-refractivity contribution in [2.45, 2.75) is 24.2 Å². The minimum atomic E-state index is -0.361. The molecule has 44 heavy (non-hydrogen) atoms. The first-order chi connectivity index (χ1) is 21.5. The van der Waals surface area contributed by atoms with Gasteiger partial charge in [-0.1, -0.05) is 70.2 Å². The zero-order valence-electron chi connectivity index (χ0n) is 23.6. The minimum Gasteiger partial charge on any atom is -0.497 e. The van der Waals surface area contributed by atoms with E-state index in [1.165, 1.54) is 18.0 Å². The summed E-state index contributed by atoms with van der Waals surface area (Å²) in [6, 6.07) is 28.1. The lowest BCUT2D eigenvalue weighted by Gasteiger charge is -2.22. The predicted octanol–water partition coefficient (Wildman–Crippen LogP) is 6.03. The van der Waals surface area contributed by atoms with Crippen molar-refractivity contribution in [3.05, 3.63) is 124 Å². The van der Waals surface area contributed by atoms with E-state index in [4.69, 9.17) is 14.3 Å². The van der Waals surface area contributed by atoms with Crippen LogP contribution < -0.4 is 10.1 Å². The molecule has 12 heteroatoms. The lowest BCUT2D eigenvalue weighted by atomic mass is 9.98. The Morgan fingerprint density at radius 2 is 1.77 bits per heavy atom. The van der Waals surface area contributed by atoms with E-state index in [9.17, 15) is 9.59 Å². The van der Waals surface area contributed by atoms with Crippen LogP contribution in [-0.2, 0) is 11.3 Å². The number of carbonyl (C=O) groups is 2. The second kappa shape index (κ2) is 13.3. The van der Waals surface area contributed by atoms with Gasteiger partial charge in [0.25, 0.3) is 11.8 Å². The van der Waals surface area contributed by atoms with Gasteiger partial charge >= 0.3 is 0 Å². The van der Waals surface area contributed by atoms with Crippen LogP contribution in [0.1, 0.15) is 40.0 Å². The number of halogens is 1. The fraction of sp³-hybridized carbons (Fsp3) is 0.156. The Morgan fingerprint density at radius 1 is 1.00 bits per heavy atom. The third-order valence-corrected chi connectivity index (χ3v) is 8.48. The molecule has 10 nitrogen and oxygen atoms in total. The highest BCUT2D eigenvalue weighted by Gasteiger charge is 2.33. The molecule has 222 valence electrons. The van der Waals surface area contributed by atoms with E-state index < -0.39 is 0 Å². The van der Waals surface area contributed by atoms with Crippen LogP contribution >= 0.6 is 27.7 Å². The van der Waals surface area contributed by atoms with E-state index in [-0.39, 0.29) is 35.9 Å². The first-order valence-corrected chi connectivity index (χ1v) is 15.5. The standard InChI is InChI=1S/C32H27BrN6O4S/c1-42-25-15-11-22(12-16-25)27-18-26(21-9-13-23(33)14-10-21)37-39(27)30(40)20-44-32-36-35-29(38(32)24-6-3-2-4-7-24)19-34-31(41)28-8-5-17-43-28/h2-17,27H,18-20H2,1H3,(H,34,41)/t27-/m1/s1. The molecule has 2 aromatic heterocycles. The molecule has 1 aliphatic heterocycles. The quantitative estimate of drug-likeness (QED) is 0.180. The third-order valence-electron chi connectivity index (χ3n) is 7.04. The smallest absolute Gasteiger partial charge is 0.287 e. The molecule has 2 amide bonds. The summed E-state index contributed by atoms with van der Waals surface area (Å²) < 4.78 is 13.3. The first-order valence-electron chi connectivity index (χ1n) is 13.7. The summed E-state index contributed by atoms with van der Waals surface area (Å²) in [5, 5.41) is 18.4. The van der Waals surface area contributed by atoms with Gasteiger partial charge in [-0.2, -0.15) is 5.10 Å². The van der Waals surface area contributed by atoms with E-state index in [0.29, 0.717) is 17.4 Å². The van der Waals surface area contributed by atoms with E-state index in [0.717, 1.165) is 32.7 Å². The fourth-order valence-corrected chi connectivity index (χ4v) is 5.92. The first kappa shape index (κ1) is 29.4. The maximum Gasteiger partial charge on any atom is 0.287 e. The Labute approximate surface area is 266 Å². The summed E-state index contributed by atoms with van der Waals surface area (Å²) in [4.78, 5) is 26.3. The molecule has 5 aromatic rings. The lowest BCUT2D eigenvalue weighted by molar-refractivity contribution is -0.130. The number of hydrogen-bond donors (Lipinski definition) is 1. The summed E-state index contributed by atoms with van der Waals surface area (Å²) in [5.74, 6) is 1.01. The summed E-state index contributed by atoms with van der Waals surface area (Å²) in [5.41, 5.74) is 3.56. The number of hydrazone groups is 1. The minimum absolute atomic E-state index is 0.0769. The zero-order valence-corrected chi connectivity index (χ0v) is 26.0. The van der Waals surface area contributed by atoms with Crippen LogP contribution in [0.4, 0.5) is 0 Å². The highest BCUT2D eigenvalue weighted by atomic mass is 79.9. The number of aromatic nitrogens is 3. The molecule has 6 rings (SSSR count). The van der Waals surface area contributed by atoms with Crippen LogP contribution in [0.5, 0.6) is 5.75 Å². The van der Waals surface area contributed by atoms with E-state index in [2.05, 4.69) is 31.4 Å². The van der Waals surface area contributed by atoms with Crippen LogP contribution in [0.3, 0.4) is 0 Å². The van der Waals surface area contributed by atoms with Gasteiger partial charge in [-0.05, 0) is 59.7 Å². The normalized spacial score (nSPS) is 14.4. The molecule has 0 saturated carbocycles. The topological polar surface area (TPSA) is 115 Å². The van der Waals surface area contributed by atoms with Gasteiger partial charge in [0.2, 0.25) is 0 Å². The summed E-state index contributed by atoms with van der Waals surface area (Å²) in [6.07, 6.45) is 2.02. The Kier molecular flexibility index (Phi) is 8.89. The molecule has 3 aromatic carbocycles. The Morgan fingerprint density at radius 3 is 2.48 bits per heavy atom. The van der Waals surface area contributed by atoms with Gasteiger partial charge in [0.1, 0.15) is 5.75 Å². The molecule has 0 bridgehead atoms. The van der Waals surface area contributed by atoms with Gasteiger partial charge < -0.3 is 14.5 Å². The third kappa shape index (κ3) is 6.46. The number of rotatable bonds is 10. The number of thioether (sulfide) groups is 1. The van der Waals surface area contributed by atoms with Crippen molar-refractivity contribution in [2.24, 2.45) is 5.10 Å². The van der Waals surface area contributed by atoms with Crippen molar-refractivity contribution in [1.29, 1.82) is 0 Å². The Bertz CT molecular complexity index is 1770. The maximum atomic E-state index is 13.8. The van der Waals surface area contributed by atoms with Crippen molar-refractivity contribution < 1.29 is 18.7 Å². The molecule has 0 saturated heterocycles. The molecular weight excluding hydrogens is 644 g/mol. The highest BCUT2D eigenvalue weighted by molar-refractivity contribution is 9.10. The molecule has 0 fully saturated rings. The number of hydrogen-bond acceptors (Lipinski definition) is 8. The van der Waals surface area contributed by atoms with Crippen LogP contribution in [0, 0.1) is 0 Å². The molecule has 1 N–H and O–H groups in total. The van der Waals surface area contributed by atoms with E-state index in [1.807, 2.05) is 83.4 Å². The number of para-hydroxylation sites is 1. The van der Waals surface area contributed by atoms with Gasteiger partial charge in [-0.15, -0.1) is 10.2 Å². The van der Waals surface area contributed by atoms with Crippen LogP contribution in [0.25, 0.3) is 5.69 Å². The summed E-state index contributed by atoms with van der Waals surface area (Å²) >= 11 is 4.75. The summed E-state index contributed by atoms with van der Waals surface area (Å²) in [7, 11) is 1.62. The molecule has 1 atom stereocenters. The van der Waals surface area contributed by atoms with Crippen LogP contribution in [0.15, 0.2) is 116 Å². The molecule has 0 unspecified atom stereocenters. The van der Waals surface area contributed by atoms with Crippen molar-refractivity contribution in [3.63, 3.8) is 0 Å². The number of ether oxygens (including phenoxy) is 1. The summed E-state index contributed by atoms with van der Waals surface area (Å²) in [6.45, 7) is 0.114. The second-order valence-corrected chi connectivity index (χ2v) is 11.7. The Hall–Kier alpha value is -4.68. The van der Waals surface area contributed by atoms with Gasteiger partial charge in [0.05, 0.1) is 37.4 Å². The zero-order chi connectivity index (χ0) is 30.5. The SMILES string of the molecule is COc1ccc([C@H]2CC(c3ccc(Br)cc3)=NN2C(=O)CSc2nnc(CNC(=O)c3ccco3)n2-c2ccccc2)cc1. The molecule has 0 radical (unpaired) electrons. The number of furan rings is 1. The van der Waals surface area contributed by atoms with Crippen molar-refractivity contribution in [1.82, 2.24) is 25.1 Å². The second-order valence-electron chi connectivity index (χ2n) is 9.80. The number of carbonyl (C=O) groups excluding carboxylic acids is 2. The average molecular weight is 672 g/mol. The number of nitrogens with zero attached hydrogens (tertiary/aromatic N) is 5.